The Bertz CT molecular complexity index is 1100. The molecule has 0 spiro atoms. The molecule has 2 atom stereocenters. The molecule has 8 nitrogen and oxygen atoms in total. The first-order valence-electron chi connectivity index (χ1n) is 11.3. The van der Waals surface area contributed by atoms with Crippen molar-refractivity contribution in [3.63, 3.8) is 0 Å². The van der Waals surface area contributed by atoms with E-state index in [1.54, 1.807) is 50.2 Å². The minimum absolute atomic E-state index is 0.000285. The Kier molecular flexibility index (Phi) is 9.49. The third kappa shape index (κ3) is 6.96. The van der Waals surface area contributed by atoms with E-state index in [0.29, 0.717) is 17.0 Å². The van der Waals surface area contributed by atoms with Crippen LogP contribution in [-0.2, 0) is 19.6 Å². The van der Waals surface area contributed by atoms with Crippen molar-refractivity contribution in [1.29, 1.82) is 0 Å². The Morgan fingerprint density at radius 3 is 2.24 bits per heavy atom. The first-order valence-corrected chi connectivity index (χ1v) is 12.8. The number of carbonyl (C=O) groups is 2. The summed E-state index contributed by atoms with van der Waals surface area (Å²) in [4.78, 5) is 25.0. The van der Waals surface area contributed by atoms with Crippen LogP contribution in [0.1, 0.15) is 44.7 Å². The van der Waals surface area contributed by atoms with Gasteiger partial charge in [0.15, 0.2) is 0 Å². The molecule has 2 amide bonds. The molecule has 9 heteroatoms. The number of amides is 2. The maximum absolute atomic E-state index is 13.6. The SMILES string of the molecule is CCC(C)NC(=O)C(C)NC(=O)CCN(c1ccc(OC)cc1)S(=O)(=O)c1ccc(C)cc1C. The molecule has 0 heterocycles. The van der Waals surface area contributed by atoms with Gasteiger partial charge in [-0.2, -0.15) is 0 Å². The minimum Gasteiger partial charge on any atom is -0.497 e. The molecule has 0 saturated heterocycles. The first kappa shape index (κ1) is 27.2. The van der Waals surface area contributed by atoms with E-state index in [4.69, 9.17) is 4.74 Å². The zero-order chi connectivity index (χ0) is 25.5. The maximum Gasteiger partial charge on any atom is 0.264 e. The molecule has 2 unspecified atom stereocenters. The average Bonchev–Trinajstić information content (AvgIpc) is 2.78. The number of rotatable bonds is 11. The summed E-state index contributed by atoms with van der Waals surface area (Å²) >= 11 is 0. The van der Waals surface area contributed by atoms with Gasteiger partial charge in [-0.15, -0.1) is 0 Å². The lowest BCUT2D eigenvalue weighted by Crippen LogP contribution is -2.48. The number of sulfonamides is 1. The van der Waals surface area contributed by atoms with Crippen LogP contribution in [0.4, 0.5) is 5.69 Å². The number of methoxy groups -OCH3 is 1. The lowest BCUT2D eigenvalue weighted by molar-refractivity contribution is -0.128. The van der Waals surface area contributed by atoms with E-state index in [1.807, 2.05) is 26.8 Å². The van der Waals surface area contributed by atoms with Crippen molar-refractivity contribution >= 4 is 27.5 Å². The summed E-state index contributed by atoms with van der Waals surface area (Å²) in [6, 6.07) is 11.0. The van der Waals surface area contributed by atoms with E-state index in [9.17, 15) is 18.0 Å². The zero-order valence-electron chi connectivity index (χ0n) is 20.7. The van der Waals surface area contributed by atoms with Crippen molar-refractivity contribution in [1.82, 2.24) is 10.6 Å². The van der Waals surface area contributed by atoms with Crippen molar-refractivity contribution in [3.8, 4) is 5.75 Å². The third-order valence-electron chi connectivity index (χ3n) is 5.57. The van der Waals surface area contributed by atoms with Crippen molar-refractivity contribution in [3.05, 3.63) is 53.6 Å². The van der Waals surface area contributed by atoms with Gasteiger partial charge < -0.3 is 15.4 Å². The van der Waals surface area contributed by atoms with E-state index in [0.717, 1.165) is 12.0 Å². The van der Waals surface area contributed by atoms with Crippen molar-refractivity contribution < 1.29 is 22.7 Å². The second kappa shape index (κ2) is 11.9. The van der Waals surface area contributed by atoms with E-state index in [2.05, 4.69) is 10.6 Å². The monoisotopic (exact) mass is 489 g/mol. The van der Waals surface area contributed by atoms with E-state index < -0.39 is 22.0 Å². The quantitative estimate of drug-likeness (QED) is 0.504. The largest absolute Gasteiger partial charge is 0.497 e. The minimum atomic E-state index is -3.95. The van der Waals surface area contributed by atoms with Gasteiger partial charge in [-0.25, -0.2) is 8.42 Å². The molecule has 0 aliphatic heterocycles. The smallest absolute Gasteiger partial charge is 0.264 e. The number of hydrogen-bond acceptors (Lipinski definition) is 5. The van der Waals surface area contributed by atoms with Crippen LogP contribution < -0.4 is 19.7 Å². The topological polar surface area (TPSA) is 105 Å². The second-order valence-corrected chi connectivity index (χ2v) is 10.2. The lowest BCUT2D eigenvalue weighted by Gasteiger charge is -2.26. The lowest BCUT2D eigenvalue weighted by atomic mass is 10.2. The van der Waals surface area contributed by atoms with Crippen LogP contribution in [0.3, 0.4) is 0 Å². The van der Waals surface area contributed by atoms with Gasteiger partial charge in [0.25, 0.3) is 10.0 Å². The Morgan fingerprint density at radius 2 is 1.68 bits per heavy atom. The molecule has 2 aromatic carbocycles. The Balaban J connectivity index is 2.25. The van der Waals surface area contributed by atoms with E-state index in [1.165, 1.54) is 11.4 Å². The summed E-state index contributed by atoms with van der Waals surface area (Å²) in [6.45, 7) is 9.00. The normalized spacial score (nSPS) is 13.0. The van der Waals surface area contributed by atoms with Gasteiger partial charge in [0, 0.05) is 19.0 Å². The Morgan fingerprint density at radius 1 is 1.03 bits per heavy atom. The highest BCUT2D eigenvalue weighted by molar-refractivity contribution is 7.92. The third-order valence-corrected chi connectivity index (χ3v) is 7.56. The van der Waals surface area contributed by atoms with Gasteiger partial charge in [0.1, 0.15) is 11.8 Å². The standard InChI is InChI=1S/C25H35N3O5S/c1-7-19(4)26-25(30)20(5)27-24(29)14-15-28(21-9-11-22(33-6)12-10-21)34(31,32)23-13-8-17(2)16-18(23)3/h8-13,16,19-20H,7,14-15H2,1-6H3,(H,26,30)(H,27,29). The fourth-order valence-electron chi connectivity index (χ4n) is 3.40. The molecule has 34 heavy (non-hydrogen) atoms. The van der Waals surface area contributed by atoms with Gasteiger partial charge in [0.05, 0.1) is 17.7 Å². The first-order chi connectivity index (χ1) is 16.0. The number of aryl methyl sites for hydroxylation is 2. The number of carbonyl (C=O) groups excluding carboxylic acids is 2. The fourth-order valence-corrected chi connectivity index (χ4v) is 5.07. The zero-order valence-corrected chi connectivity index (χ0v) is 21.5. The molecule has 0 saturated carbocycles. The van der Waals surface area contributed by atoms with Crippen molar-refractivity contribution in [2.24, 2.45) is 0 Å². The Hall–Kier alpha value is -3.07. The predicted octanol–water partition coefficient (Wildman–Crippen LogP) is 3.32. The summed E-state index contributed by atoms with van der Waals surface area (Å²) in [5.41, 5.74) is 1.99. The molecule has 0 radical (unpaired) electrons. The number of ether oxygens (including phenoxy) is 1. The van der Waals surface area contributed by atoms with Crippen LogP contribution in [0, 0.1) is 13.8 Å². The van der Waals surface area contributed by atoms with E-state index >= 15 is 0 Å². The van der Waals surface area contributed by atoms with Crippen LogP contribution in [0.2, 0.25) is 0 Å². The van der Waals surface area contributed by atoms with Crippen LogP contribution in [-0.4, -0.2) is 46.0 Å². The summed E-state index contributed by atoms with van der Waals surface area (Å²) in [5, 5.41) is 5.47. The summed E-state index contributed by atoms with van der Waals surface area (Å²) in [6.07, 6.45) is 0.663. The highest BCUT2D eigenvalue weighted by Crippen LogP contribution is 2.28. The number of nitrogens with zero attached hydrogens (tertiary/aromatic N) is 1. The van der Waals surface area contributed by atoms with Gasteiger partial charge in [-0.1, -0.05) is 24.6 Å². The van der Waals surface area contributed by atoms with Crippen molar-refractivity contribution in [2.75, 3.05) is 18.0 Å². The number of anilines is 1. The van der Waals surface area contributed by atoms with Crippen molar-refractivity contribution in [2.45, 2.75) is 64.4 Å². The fraction of sp³-hybridized carbons (Fsp3) is 0.440. The molecular formula is C25H35N3O5S. The summed E-state index contributed by atoms with van der Waals surface area (Å²) in [5.74, 6) is -0.106. The maximum atomic E-state index is 13.6. The number of hydrogen-bond donors (Lipinski definition) is 2. The van der Waals surface area contributed by atoms with E-state index in [-0.39, 0.29) is 29.8 Å². The summed E-state index contributed by atoms with van der Waals surface area (Å²) < 4.78 is 33.6. The highest BCUT2D eigenvalue weighted by atomic mass is 32.2. The molecule has 2 rings (SSSR count). The van der Waals surface area contributed by atoms with Gasteiger partial charge in [0.2, 0.25) is 11.8 Å². The molecule has 0 aromatic heterocycles. The molecule has 2 N–H and O–H groups in total. The average molecular weight is 490 g/mol. The van der Waals surface area contributed by atoms with Gasteiger partial charge >= 0.3 is 0 Å². The molecule has 0 aliphatic carbocycles. The van der Waals surface area contributed by atoms with Crippen LogP contribution in [0.15, 0.2) is 47.4 Å². The molecule has 0 aliphatic rings. The Labute approximate surface area is 202 Å². The van der Waals surface area contributed by atoms with Gasteiger partial charge in [-0.05, 0) is 70.0 Å². The van der Waals surface area contributed by atoms with Crippen LogP contribution >= 0.6 is 0 Å². The van der Waals surface area contributed by atoms with Crippen LogP contribution in [0.25, 0.3) is 0 Å². The second-order valence-electron chi connectivity index (χ2n) is 8.40. The molecule has 0 fully saturated rings. The van der Waals surface area contributed by atoms with Gasteiger partial charge in [-0.3, -0.25) is 13.9 Å². The highest BCUT2D eigenvalue weighted by Gasteiger charge is 2.27. The number of nitrogens with one attached hydrogen (secondary N) is 2. The molecule has 186 valence electrons. The summed E-state index contributed by atoms with van der Waals surface area (Å²) in [7, 11) is -2.42. The molecular weight excluding hydrogens is 454 g/mol. The molecule has 0 bridgehead atoms. The number of benzene rings is 2. The predicted molar refractivity (Wildman–Crippen MR) is 134 cm³/mol. The molecule has 2 aromatic rings. The van der Waals surface area contributed by atoms with Crippen LogP contribution in [0.5, 0.6) is 5.75 Å².